The summed E-state index contributed by atoms with van der Waals surface area (Å²) in [6, 6.07) is 14.3. The Labute approximate surface area is 150 Å². The number of aryl methyl sites for hydroxylation is 1. The quantitative estimate of drug-likeness (QED) is 0.561. The molecule has 0 bridgehead atoms. The SMILES string of the molecule is Cc1nc(Nc2nnc(-c3cccc4ccccc34)o2)c(C)c(C)c1O. The Kier molecular flexibility index (Phi) is 3.80. The van der Waals surface area contributed by atoms with Crippen molar-refractivity contribution in [2.45, 2.75) is 20.8 Å². The van der Waals surface area contributed by atoms with Crippen LogP contribution in [0.1, 0.15) is 16.8 Å². The topological polar surface area (TPSA) is 84.1 Å². The fourth-order valence-corrected chi connectivity index (χ4v) is 2.95. The summed E-state index contributed by atoms with van der Waals surface area (Å²) in [5, 5.41) is 23.5. The first-order valence-corrected chi connectivity index (χ1v) is 8.30. The molecule has 0 saturated heterocycles. The molecule has 0 aliphatic carbocycles. The average Bonchev–Trinajstić information content (AvgIpc) is 3.12. The molecule has 26 heavy (non-hydrogen) atoms. The molecule has 6 heteroatoms. The largest absolute Gasteiger partial charge is 0.506 e. The van der Waals surface area contributed by atoms with Crippen LogP contribution >= 0.6 is 0 Å². The first kappa shape index (κ1) is 16.1. The molecule has 0 saturated carbocycles. The van der Waals surface area contributed by atoms with Crippen molar-refractivity contribution in [3.63, 3.8) is 0 Å². The van der Waals surface area contributed by atoms with Crippen LogP contribution in [-0.4, -0.2) is 20.3 Å². The van der Waals surface area contributed by atoms with Gasteiger partial charge < -0.3 is 9.52 Å². The van der Waals surface area contributed by atoms with Crippen molar-refractivity contribution >= 4 is 22.6 Å². The zero-order valence-electron chi connectivity index (χ0n) is 14.7. The van der Waals surface area contributed by atoms with Gasteiger partial charge in [0.05, 0.1) is 5.69 Å². The number of hydrogen-bond donors (Lipinski definition) is 2. The van der Waals surface area contributed by atoms with E-state index >= 15 is 0 Å². The van der Waals surface area contributed by atoms with Crippen LogP contribution in [-0.2, 0) is 0 Å². The highest BCUT2D eigenvalue weighted by molar-refractivity contribution is 5.94. The molecule has 2 aromatic heterocycles. The summed E-state index contributed by atoms with van der Waals surface area (Å²) in [6.07, 6.45) is 0. The van der Waals surface area contributed by atoms with Gasteiger partial charge >= 0.3 is 6.01 Å². The summed E-state index contributed by atoms with van der Waals surface area (Å²) in [7, 11) is 0. The first-order chi connectivity index (χ1) is 12.5. The van der Waals surface area contributed by atoms with Gasteiger partial charge in [0, 0.05) is 5.56 Å². The van der Waals surface area contributed by atoms with Gasteiger partial charge in [0.1, 0.15) is 11.6 Å². The van der Waals surface area contributed by atoms with E-state index in [2.05, 4.69) is 20.5 Å². The number of nitrogens with one attached hydrogen (secondary N) is 1. The summed E-state index contributed by atoms with van der Waals surface area (Å²) in [5.74, 6) is 1.23. The molecule has 2 aromatic carbocycles. The Morgan fingerprint density at radius 3 is 2.54 bits per heavy atom. The second-order valence-electron chi connectivity index (χ2n) is 6.21. The van der Waals surface area contributed by atoms with E-state index in [0.29, 0.717) is 17.4 Å². The molecular weight excluding hydrogens is 328 g/mol. The molecule has 0 fully saturated rings. The number of anilines is 2. The number of aromatic nitrogens is 3. The molecule has 2 N–H and O–H groups in total. The third kappa shape index (κ3) is 2.65. The van der Waals surface area contributed by atoms with E-state index in [0.717, 1.165) is 27.5 Å². The molecule has 0 aliphatic rings. The number of benzene rings is 2. The number of nitrogens with zero attached hydrogens (tertiary/aromatic N) is 3. The highest BCUT2D eigenvalue weighted by Gasteiger charge is 2.15. The number of fused-ring (bicyclic) bond motifs is 1. The van der Waals surface area contributed by atoms with Gasteiger partial charge in [-0.05, 0) is 48.7 Å². The van der Waals surface area contributed by atoms with Gasteiger partial charge in [-0.2, -0.15) is 0 Å². The Bertz CT molecular complexity index is 1110. The molecule has 4 aromatic rings. The van der Waals surface area contributed by atoms with E-state index in [1.54, 1.807) is 6.92 Å². The fourth-order valence-electron chi connectivity index (χ4n) is 2.95. The molecule has 0 aliphatic heterocycles. The summed E-state index contributed by atoms with van der Waals surface area (Å²) in [6.45, 7) is 5.48. The maximum Gasteiger partial charge on any atom is 0.321 e. The van der Waals surface area contributed by atoms with Crippen molar-refractivity contribution in [1.82, 2.24) is 15.2 Å². The molecule has 0 amide bonds. The lowest BCUT2D eigenvalue weighted by Crippen LogP contribution is -2.01. The molecule has 0 unspecified atom stereocenters. The zero-order valence-corrected chi connectivity index (χ0v) is 14.7. The fraction of sp³-hybridized carbons (Fsp3) is 0.150. The van der Waals surface area contributed by atoms with E-state index in [1.807, 2.05) is 56.3 Å². The van der Waals surface area contributed by atoms with Crippen molar-refractivity contribution in [3.05, 3.63) is 59.3 Å². The second-order valence-corrected chi connectivity index (χ2v) is 6.21. The minimum Gasteiger partial charge on any atom is -0.506 e. The van der Waals surface area contributed by atoms with Crippen LogP contribution < -0.4 is 5.32 Å². The van der Waals surface area contributed by atoms with Crippen molar-refractivity contribution < 1.29 is 9.52 Å². The highest BCUT2D eigenvalue weighted by Crippen LogP contribution is 2.31. The van der Waals surface area contributed by atoms with Crippen LogP contribution in [0.25, 0.3) is 22.2 Å². The Morgan fingerprint density at radius 2 is 1.69 bits per heavy atom. The summed E-state index contributed by atoms with van der Waals surface area (Å²) < 4.78 is 5.81. The van der Waals surface area contributed by atoms with Crippen LogP contribution in [0, 0.1) is 20.8 Å². The molecule has 130 valence electrons. The Hall–Kier alpha value is -3.41. The molecule has 0 spiro atoms. The summed E-state index contributed by atoms with van der Waals surface area (Å²) in [5.41, 5.74) is 3.03. The van der Waals surface area contributed by atoms with E-state index in [1.165, 1.54) is 0 Å². The average molecular weight is 346 g/mol. The third-order valence-corrected chi connectivity index (χ3v) is 4.57. The highest BCUT2D eigenvalue weighted by atomic mass is 16.4. The summed E-state index contributed by atoms with van der Waals surface area (Å²) in [4.78, 5) is 4.37. The monoisotopic (exact) mass is 346 g/mol. The predicted octanol–water partition coefficient (Wildman–Crippen LogP) is 4.66. The van der Waals surface area contributed by atoms with Crippen molar-refractivity contribution in [2.24, 2.45) is 0 Å². The van der Waals surface area contributed by atoms with Gasteiger partial charge in [0.15, 0.2) is 0 Å². The lowest BCUT2D eigenvalue weighted by molar-refractivity contribution is 0.463. The van der Waals surface area contributed by atoms with Gasteiger partial charge in [-0.3, -0.25) is 5.32 Å². The smallest absolute Gasteiger partial charge is 0.321 e. The van der Waals surface area contributed by atoms with Gasteiger partial charge in [-0.1, -0.05) is 41.5 Å². The Morgan fingerprint density at radius 1 is 0.923 bits per heavy atom. The standard InChI is InChI=1S/C20H18N4O2/c1-11-12(2)18(21-13(3)17(11)25)22-20-24-23-19(26-20)16-10-6-8-14-7-4-5-9-15(14)16/h4-10,25H,1-3H3,(H,21,22,24). The number of rotatable bonds is 3. The van der Waals surface area contributed by atoms with E-state index in [9.17, 15) is 5.11 Å². The maximum atomic E-state index is 9.99. The lowest BCUT2D eigenvalue weighted by Gasteiger charge is -2.11. The predicted molar refractivity (Wildman–Crippen MR) is 101 cm³/mol. The molecule has 6 nitrogen and oxygen atoms in total. The van der Waals surface area contributed by atoms with Gasteiger partial charge in [-0.25, -0.2) is 4.98 Å². The second kappa shape index (κ2) is 6.15. The van der Waals surface area contributed by atoms with Crippen LogP contribution in [0.2, 0.25) is 0 Å². The Balaban J connectivity index is 1.71. The van der Waals surface area contributed by atoms with E-state index in [4.69, 9.17) is 4.42 Å². The van der Waals surface area contributed by atoms with Crippen LogP contribution in [0.4, 0.5) is 11.8 Å². The van der Waals surface area contributed by atoms with E-state index in [-0.39, 0.29) is 11.8 Å². The molecule has 0 atom stereocenters. The van der Waals surface area contributed by atoms with Crippen molar-refractivity contribution in [2.75, 3.05) is 5.32 Å². The van der Waals surface area contributed by atoms with E-state index < -0.39 is 0 Å². The van der Waals surface area contributed by atoms with Crippen LogP contribution in [0.3, 0.4) is 0 Å². The third-order valence-electron chi connectivity index (χ3n) is 4.57. The lowest BCUT2D eigenvalue weighted by atomic mass is 10.0. The van der Waals surface area contributed by atoms with Crippen molar-refractivity contribution in [1.29, 1.82) is 0 Å². The number of hydrogen-bond acceptors (Lipinski definition) is 6. The van der Waals surface area contributed by atoms with Crippen molar-refractivity contribution in [3.8, 4) is 17.2 Å². The van der Waals surface area contributed by atoms with Crippen LogP contribution in [0.5, 0.6) is 5.75 Å². The molecular formula is C20H18N4O2. The van der Waals surface area contributed by atoms with Crippen LogP contribution in [0.15, 0.2) is 46.9 Å². The normalized spacial score (nSPS) is 11.0. The van der Waals surface area contributed by atoms with Gasteiger partial charge in [-0.15, -0.1) is 5.10 Å². The van der Waals surface area contributed by atoms with Gasteiger partial charge in [0.2, 0.25) is 5.89 Å². The molecule has 4 rings (SSSR count). The molecule has 2 heterocycles. The minimum absolute atomic E-state index is 0.204. The number of pyridine rings is 1. The first-order valence-electron chi connectivity index (χ1n) is 8.30. The minimum atomic E-state index is 0.204. The maximum absolute atomic E-state index is 9.99. The van der Waals surface area contributed by atoms with Gasteiger partial charge in [0.25, 0.3) is 0 Å². The summed E-state index contributed by atoms with van der Waals surface area (Å²) >= 11 is 0. The number of aromatic hydroxyl groups is 1. The zero-order chi connectivity index (χ0) is 18.3. The molecule has 0 radical (unpaired) electrons.